The van der Waals surface area contributed by atoms with Gasteiger partial charge in [-0.3, -0.25) is 10.1 Å². The zero-order chi connectivity index (χ0) is 18.5. The van der Waals surface area contributed by atoms with Crippen LogP contribution in [-0.4, -0.2) is 33.6 Å². The van der Waals surface area contributed by atoms with Gasteiger partial charge in [-0.1, -0.05) is 35.3 Å². The van der Waals surface area contributed by atoms with Crippen molar-refractivity contribution in [1.29, 1.82) is 0 Å². The van der Waals surface area contributed by atoms with E-state index in [-0.39, 0.29) is 16.4 Å². The second-order valence-corrected chi connectivity index (χ2v) is 7.51. The quantitative estimate of drug-likeness (QED) is 0.335. The average Bonchev–Trinajstić information content (AvgIpc) is 3.05. The van der Waals surface area contributed by atoms with E-state index in [9.17, 15) is 10.1 Å². The molecule has 26 heavy (non-hydrogen) atoms. The number of thioether (sulfide) groups is 1. The highest BCUT2D eigenvalue weighted by atomic mass is 35.5. The van der Waals surface area contributed by atoms with Crippen LogP contribution < -0.4 is 5.32 Å². The molecule has 0 saturated carbocycles. The lowest BCUT2D eigenvalue weighted by atomic mass is 10.2. The first-order chi connectivity index (χ1) is 12.5. The highest BCUT2D eigenvalue weighted by Gasteiger charge is 2.28. The molecule has 2 heterocycles. The SMILES string of the molecule is O=[N+]([O-])C(CSc1cccc(Cl)c1)=C1NCCN1Cc1ccc(Cl)nc1. The number of hydrogen-bond donors (Lipinski definition) is 1. The number of halogens is 2. The van der Waals surface area contributed by atoms with Gasteiger partial charge in [-0.15, -0.1) is 11.8 Å². The van der Waals surface area contributed by atoms with Gasteiger partial charge in [0.15, 0.2) is 5.82 Å². The Kier molecular flexibility index (Phi) is 6.24. The zero-order valence-corrected chi connectivity index (χ0v) is 16.0. The van der Waals surface area contributed by atoms with Crippen LogP contribution in [0.5, 0.6) is 0 Å². The normalized spacial score (nSPS) is 15.7. The molecule has 0 aliphatic carbocycles. The molecule has 0 atom stereocenters. The van der Waals surface area contributed by atoms with Crippen LogP contribution >= 0.6 is 35.0 Å². The fourth-order valence-corrected chi connectivity index (χ4v) is 3.91. The molecule has 0 unspecified atom stereocenters. The van der Waals surface area contributed by atoms with Gasteiger partial charge in [0.2, 0.25) is 0 Å². The van der Waals surface area contributed by atoms with Crippen molar-refractivity contribution in [2.75, 3.05) is 18.8 Å². The molecule has 136 valence electrons. The second-order valence-electron chi connectivity index (χ2n) is 5.64. The summed E-state index contributed by atoms with van der Waals surface area (Å²) in [6.45, 7) is 1.89. The van der Waals surface area contributed by atoms with Crippen LogP contribution in [-0.2, 0) is 6.54 Å². The summed E-state index contributed by atoms with van der Waals surface area (Å²) in [5.41, 5.74) is 1.09. The largest absolute Gasteiger partial charge is 0.365 e. The van der Waals surface area contributed by atoms with Gasteiger partial charge in [0, 0.05) is 35.7 Å². The molecule has 1 aromatic heterocycles. The van der Waals surface area contributed by atoms with E-state index >= 15 is 0 Å². The van der Waals surface area contributed by atoms with Crippen LogP contribution in [0.3, 0.4) is 0 Å². The van der Waals surface area contributed by atoms with Gasteiger partial charge in [-0.2, -0.15) is 0 Å². The minimum absolute atomic E-state index is 0.148. The molecule has 3 rings (SSSR count). The number of nitro groups is 1. The molecule has 1 saturated heterocycles. The summed E-state index contributed by atoms with van der Waals surface area (Å²) in [5.74, 6) is 0.796. The van der Waals surface area contributed by atoms with E-state index in [4.69, 9.17) is 23.2 Å². The molecule has 0 amide bonds. The highest BCUT2D eigenvalue weighted by molar-refractivity contribution is 7.99. The number of pyridine rings is 1. The smallest absolute Gasteiger partial charge is 0.296 e. The maximum absolute atomic E-state index is 11.6. The Labute approximate surface area is 165 Å². The van der Waals surface area contributed by atoms with Crippen LogP contribution in [0.4, 0.5) is 0 Å². The van der Waals surface area contributed by atoms with E-state index in [0.717, 1.165) is 10.5 Å². The third-order valence-electron chi connectivity index (χ3n) is 3.82. The molecular weight excluding hydrogens is 395 g/mol. The first-order valence-corrected chi connectivity index (χ1v) is 9.62. The van der Waals surface area contributed by atoms with E-state index in [2.05, 4.69) is 10.3 Å². The molecule has 1 aliphatic heterocycles. The first-order valence-electron chi connectivity index (χ1n) is 7.88. The van der Waals surface area contributed by atoms with Crippen LogP contribution in [0, 0.1) is 10.1 Å². The summed E-state index contributed by atoms with van der Waals surface area (Å²) in [4.78, 5) is 18.2. The van der Waals surface area contributed by atoms with Crippen LogP contribution in [0.2, 0.25) is 10.2 Å². The third-order valence-corrected chi connectivity index (χ3v) is 5.28. The number of benzene rings is 1. The van der Waals surface area contributed by atoms with Gasteiger partial charge < -0.3 is 10.2 Å². The van der Waals surface area contributed by atoms with Crippen LogP contribution in [0.25, 0.3) is 0 Å². The minimum atomic E-state index is -0.321. The summed E-state index contributed by atoms with van der Waals surface area (Å²) in [7, 11) is 0. The van der Waals surface area contributed by atoms with E-state index in [1.54, 1.807) is 24.4 Å². The molecule has 1 N–H and O–H groups in total. The van der Waals surface area contributed by atoms with Crippen molar-refractivity contribution >= 4 is 35.0 Å². The van der Waals surface area contributed by atoms with Crippen molar-refractivity contribution < 1.29 is 4.92 Å². The standard InChI is InChI=1S/C17H16Cl2N4O2S/c18-13-2-1-3-14(8-13)26-11-15(23(24)25)17-20-6-7-22(17)10-12-4-5-16(19)21-9-12/h1-5,8-9,20H,6-7,10-11H2. The van der Waals surface area contributed by atoms with Gasteiger partial charge in [-0.05, 0) is 29.8 Å². The number of hydrogen-bond acceptors (Lipinski definition) is 6. The molecule has 1 aliphatic rings. The van der Waals surface area contributed by atoms with Crippen molar-refractivity contribution in [3.05, 3.63) is 80.0 Å². The maximum Gasteiger partial charge on any atom is 0.296 e. The molecule has 1 aromatic carbocycles. The predicted octanol–water partition coefficient (Wildman–Crippen LogP) is 4.03. The topological polar surface area (TPSA) is 71.3 Å². The van der Waals surface area contributed by atoms with Crippen molar-refractivity contribution in [2.45, 2.75) is 11.4 Å². The summed E-state index contributed by atoms with van der Waals surface area (Å²) in [6, 6.07) is 10.9. The summed E-state index contributed by atoms with van der Waals surface area (Å²) < 4.78 is 0. The first kappa shape index (κ1) is 18.8. The van der Waals surface area contributed by atoms with Crippen molar-refractivity contribution in [1.82, 2.24) is 15.2 Å². The number of rotatable bonds is 6. The number of aromatic nitrogens is 1. The van der Waals surface area contributed by atoms with Gasteiger partial charge >= 0.3 is 0 Å². The van der Waals surface area contributed by atoms with Gasteiger partial charge in [0.1, 0.15) is 5.15 Å². The highest BCUT2D eigenvalue weighted by Crippen LogP contribution is 2.26. The minimum Gasteiger partial charge on any atom is -0.365 e. The molecule has 0 radical (unpaired) electrons. The Morgan fingerprint density at radius 3 is 2.88 bits per heavy atom. The number of nitrogens with zero attached hydrogens (tertiary/aromatic N) is 3. The molecule has 0 bridgehead atoms. The Balaban J connectivity index is 1.77. The summed E-state index contributed by atoms with van der Waals surface area (Å²) in [6.07, 6.45) is 1.69. The molecule has 6 nitrogen and oxygen atoms in total. The molecular formula is C17H16Cl2N4O2S. The van der Waals surface area contributed by atoms with E-state index in [1.165, 1.54) is 11.8 Å². The Morgan fingerprint density at radius 2 is 2.19 bits per heavy atom. The number of nitrogens with one attached hydrogen (secondary N) is 1. The Morgan fingerprint density at radius 1 is 1.35 bits per heavy atom. The Bertz CT molecular complexity index is 830. The molecule has 1 fully saturated rings. The van der Waals surface area contributed by atoms with Crippen molar-refractivity contribution in [3.63, 3.8) is 0 Å². The monoisotopic (exact) mass is 410 g/mol. The van der Waals surface area contributed by atoms with Crippen molar-refractivity contribution in [2.24, 2.45) is 0 Å². The van der Waals surface area contributed by atoms with Gasteiger partial charge in [0.25, 0.3) is 5.70 Å². The molecule has 2 aromatic rings. The zero-order valence-electron chi connectivity index (χ0n) is 13.7. The van der Waals surface area contributed by atoms with Crippen LogP contribution in [0.1, 0.15) is 5.56 Å². The maximum atomic E-state index is 11.6. The fraction of sp³-hybridized carbons (Fsp3) is 0.235. The van der Waals surface area contributed by atoms with E-state index < -0.39 is 0 Å². The molecule has 0 spiro atoms. The van der Waals surface area contributed by atoms with E-state index in [0.29, 0.717) is 35.6 Å². The lowest BCUT2D eigenvalue weighted by Crippen LogP contribution is -2.24. The lowest BCUT2D eigenvalue weighted by molar-refractivity contribution is -0.425. The summed E-state index contributed by atoms with van der Waals surface area (Å²) >= 11 is 13.2. The van der Waals surface area contributed by atoms with Crippen molar-refractivity contribution in [3.8, 4) is 0 Å². The average molecular weight is 411 g/mol. The van der Waals surface area contributed by atoms with E-state index in [1.807, 2.05) is 23.1 Å². The van der Waals surface area contributed by atoms with Gasteiger partial charge in [0.05, 0.1) is 10.7 Å². The predicted molar refractivity (Wildman–Crippen MR) is 104 cm³/mol. The lowest BCUT2D eigenvalue weighted by Gasteiger charge is -2.19. The Hall–Kier alpha value is -1.96. The van der Waals surface area contributed by atoms with Crippen LogP contribution in [0.15, 0.2) is 59.0 Å². The third kappa shape index (κ3) is 4.81. The summed E-state index contributed by atoms with van der Waals surface area (Å²) in [5, 5.41) is 15.8. The fourth-order valence-electron chi connectivity index (χ4n) is 2.61. The van der Waals surface area contributed by atoms with Gasteiger partial charge in [-0.25, -0.2) is 4.98 Å². The molecule has 9 heteroatoms. The second kappa shape index (κ2) is 8.62.